The van der Waals surface area contributed by atoms with E-state index in [9.17, 15) is 5.11 Å². The second kappa shape index (κ2) is 7.04. The number of aryl methyl sites for hydroxylation is 1. The third-order valence-corrected chi connectivity index (χ3v) is 4.32. The summed E-state index contributed by atoms with van der Waals surface area (Å²) in [7, 11) is 0. The minimum atomic E-state index is -0.0999. The molecule has 0 saturated heterocycles. The molecule has 1 aliphatic rings. The largest absolute Gasteiger partial charge is 0.508 e. The van der Waals surface area contributed by atoms with Crippen LogP contribution < -0.4 is 4.74 Å². The van der Waals surface area contributed by atoms with Gasteiger partial charge in [0.1, 0.15) is 17.1 Å². The van der Waals surface area contributed by atoms with Crippen molar-refractivity contribution in [1.29, 1.82) is 0 Å². The number of hydrogen-bond acceptors (Lipinski definition) is 2. The van der Waals surface area contributed by atoms with E-state index in [2.05, 4.69) is 39.8 Å². The predicted molar refractivity (Wildman–Crippen MR) is 92.5 cm³/mol. The van der Waals surface area contributed by atoms with Crippen molar-refractivity contribution in [1.82, 2.24) is 0 Å². The molecule has 2 nitrogen and oxygen atoms in total. The maximum absolute atomic E-state index is 9.54. The van der Waals surface area contributed by atoms with Crippen molar-refractivity contribution in [2.45, 2.75) is 65.4 Å². The van der Waals surface area contributed by atoms with Crippen molar-refractivity contribution < 1.29 is 9.84 Å². The summed E-state index contributed by atoms with van der Waals surface area (Å²) in [6, 6.07) is 5.41. The van der Waals surface area contributed by atoms with Gasteiger partial charge in [-0.1, -0.05) is 23.3 Å². The molecule has 0 bridgehead atoms. The van der Waals surface area contributed by atoms with Gasteiger partial charge in [0.2, 0.25) is 0 Å². The Morgan fingerprint density at radius 1 is 1.27 bits per heavy atom. The number of phenols is 1. The monoisotopic (exact) mass is 300 g/mol. The van der Waals surface area contributed by atoms with Crippen LogP contribution in [-0.2, 0) is 6.42 Å². The number of phenolic OH excluding ortho intramolecular Hbond substituents is 1. The summed E-state index contributed by atoms with van der Waals surface area (Å²) >= 11 is 0. The van der Waals surface area contributed by atoms with Gasteiger partial charge in [-0.3, -0.25) is 0 Å². The highest BCUT2D eigenvalue weighted by atomic mass is 16.5. The second-order valence-corrected chi connectivity index (χ2v) is 6.92. The number of aromatic hydroxyl groups is 1. The van der Waals surface area contributed by atoms with E-state index in [0.717, 1.165) is 43.4 Å². The minimum Gasteiger partial charge on any atom is -0.508 e. The smallest absolute Gasteiger partial charge is 0.123 e. The van der Waals surface area contributed by atoms with Gasteiger partial charge >= 0.3 is 0 Å². The van der Waals surface area contributed by atoms with Gasteiger partial charge in [-0.2, -0.15) is 0 Å². The van der Waals surface area contributed by atoms with Gasteiger partial charge in [0, 0.05) is 0 Å². The third kappa shape index (κ3) is 4.66. The van der Waals surface area contributed by atoms with Crippen LogP contribution in [-0.4, -0.2) is 10.7 Å². The summed E-state index contributed by atoms with van der Waals surface area (Å²) in [5, 5.41) is 9.54. The summed E-state index contributed by atoms with van der Waals surface area (Å²) < 4.78 is 6.20. The fourth-order valence-electron chi connectivity index (χ4n) is 2.82. The summed E-state index contributed by atoms with van der Waals surface area (Å²) in [6.07, 6.45) is 9.70. The zero-order valence-corrected chi connectivity index (χ0v) is 14.3. The predicted octanol–water partition coefficient (Wildman–Crippen LogP) is 5.56. The van der Waals surface area contributed by atoms with E-state index in [1.54, 1.807) is 6.07 Å². The molecule has 1 heterocycles. The first kappa shape index (κ1) is 16.7. The van der Waals surface area contributed by atoms with Crippen molar-refractivity contribution in [2.24, 2.45) is 0 Å². The van der Waals surface area contributed by atoms with Gasteiger partial charge in [0.15, 0.2) is 0 Å². The van der Waals surface area contributed by atoms with Crippen LogP contribution in [0.1, 0.15) is 58.9 Å². The number of fused-ring (bicyclic) bond motifs is 1. The van der Waals surface area contributed by atoms with Crippen LogP contribution in [0.2, 0.25) is 0 Å². The Morgan fingerprint density at radius 2 is 2.05 bits per heavy atom. The van der Waals surface area contributed by atoms with Gasteiger partial charge in [-0.25, -0.2) is 0 Å². The van der Waals surface area contributed by atoms with Crippen molar-refractivity contribution in [3.8, 4) is 11.5 Å². The third-order valence-electron chi connectivity index (χ3n) is 4.32. The van der Waals surface area contributed by atoms with Crippen LogP contribution >= 0.6 is 0 Å². The number of rotatable bonds is 5. The lowest BCUT2D eigenvalue weighted by atomic mass is 9.88. The average molecular weight is 300 g/mol. The van der Waals surface area contributed by atoms with Crippen molar-refractivity contribution >= 4 is 0 Å². The van der Waals surface area contributed by atoms with E-state index in [1.165, 1.54) is 11.1 Å². The highest BCUT2D eigenvalue weighted by Gasteiger charge is 2.30. The van der Waals surface area contributed by atoms with Crippen molar-refractivity contribution in [3.05, 3.63) is 47.1 Å². The zero-order valence-electron chi connectivity index (χ0n) is 14.3. The van der Waals surface area contributed by atoms with Crippen LogP contribution in [0, 0.1) is 0 Å². The molecule has 120 valence electrons. The first-order valence-corrected chi connectivity index (χ1v) is 8.18. The van der Waals surface area contributed by atoms with Gasteiger partial charge in [-0.05, 0) is 83.6 Å². The Kier molecular flexibility index (Phi) is 5.33. The molecule has 1 unspecified atom stereocenters. The lowest BCUT2D eigenvalue weighted by Crippen LogP contribution is -2.36. The topological polar surface area (TPSA) is 29.5 Å². The Morgan fingerprint density at radius 3 is 2.77 bits per heavy atom. The molecule has 1 N–H and O–H groups in total. The maximum Gasteiger partial charge on any atom is 0.123 e. The standard InChI is InChI=1S/C20H28O2/c1-15(2)7-8-16(3)6-5-12-20(4)13-11-17-14-18(21)9-10-19(17)22-20/h6-7,9-10,14,21H,5,8,11-13H2,1-4H3/b16-6+. The average Bonchev–Trinajstić information content (AvgIpc) is 2.45. The zero-order chi connectivity index (χ0) is 16.2. The summed E-state index contributed by atoms with van der Waals surface area (Å²) in [5.74, 6) is 1.25. The van der Waals surface area contributed by atoms with Gasteiger partial charge in [0.25, 0.3) is 0 Å². The summed E-state index contributed by atoms with van der Waals surface area (Å²) in [4.78, 5) is 0. The van der Waals surface area contributed by atoms with E-state index in [0.29, 0.717) is 5.75 Å². The highest BCUT2D eigenvalue weighted by Crippen LogP contribution is 2.37. The van der Waals surface area contributed by atoms with Crippen LogP contribution in [0.25, 0.3) is 0 Å². The quantitative estimate of drug-likeness (QED) is 0.721. The van der Waals surface area contributed by atoms with E-state index >= 15 is 0 Å². The molecule has 2 rings (SSSR count). The SMILES string of the molecule is CC(C)=CC/C(C)=C/CCC1(C)CCc2cc(O)ccc2O1. The molecular weight excluding hydrogens is 272 g/mol. The van der Waals surface area contributed by atoms with Crippen LogP contribution in [0.15, 0.2) is 41.5 Å². The molecular formula is C20H28O2. The molecule has 0 radical (unpaired) electrons. The summed E-state index contributed by atoms with van der Waals surface area (Å²) in [6.45, 7) is 8.67. The summed E-state index contributed by atoms with van der Waals surface area (Å²) in [5.41, 5.74) is 3.81. The second-order valence-electron chi connectivity index (χ2n) is 6.92. The maximum atomic E-state index is 9.54. The molecule has 0 amide bonds. The van der Waals surface area contributed by atoms with Crippen molar-refractivity contribution in [3.63, 3.8) is 0 Å². The fourth-order valence-corrected chi connectivity index (χ4v) is 2.82. The lowest BCUT2D eigenvalue weighted by molar-refractivity contribution is 0.0570. The molecule has 1 aromatic rings. The molecule has 0 spiro atoms. The molecule has 0 aromatic heterocycles. The van der Waals surface area contributed by atoms with Gasteiger partial charge < -0.3 is 9.84 Å². The normalized spacial score (nSPS) is 21.0. The Balaban J connectivity index is 1.92. The molecule has 22 heavy (non-hydrogen) atoms. The molecule has 0 saturated carbocycles. The molecule has 0 fully saturated rings. The fraction of sp³-hybridized carbons (Fsp3) is 0.500. The van der Waals surface area contributed by atoms with Gasteiger partial charge in [0.05, 0.1) is 0 Å². The Bertz CT molecular complexity index is 579. The highest BCUT2D eigenvalue weighted by molar-refractivity contribution is 5.41. The Hall–Kier alpha value is -1.70. The number of ether oxygens (including phenoxy) is 1. The molecule has 0 aliphatic carbocycles. The van der Waals surface area contributed by atoms with E-state index in [4.69, 9.17) is 4.74 Å². The van der Waals surface area contributed by atoms with Crippen LogP contribution in [0.5, 0.6) is 11.5 Å². The lowest BCUT2D eigenvalue weighted by Gasteiger charge is -2.35. The first-order chi connectivity index (χ1) is 10.4. The van der Waals surface area contributed by atoms with E-state index in [1.807, 2.05) is 12.1 Å². The molecule has 1 atom stereocenters. The van der Waals surface area contributed by atoms with E-state index in [-0.39, 0.29) is 5.60 Å². The minimum absolute atomic E-state index is 0.0999. The number of hydrogen-bond donors (Lipinski definition) is 1. The first-order valence-electron chi connectivity index (χ1n) is 8.18. The van der Waals surface area contributed by atoms with Crippen LogP contribution in [0.3, 0.4) is 0 Å². The molecule has 1 aromatic carbocycles. The number of benzene rings is 1. The van der Waals surface area contributed by atoms with Gasteiger partial charge in [-0.15, -0.1) is 0 Å². The molecule has 1 aliphatic heterocycles. The van der Waals surface area contributed by atoms with Crippen molar-refractivity contribution in [2.75, 3.05) is 0 Å². The molecule has 2 heteroatoms. The number of allylic oxidation sites excluding steroid dienone is 4. The van der Waals surface area contributed by atoms with Crippen LogP contribution in [0.4, 0.5) is 0 Å². The Labute approximate surface area is 134 Å². The van der Waals surface area contributed by atoms with E-state index < -0.39 is 0 Å².